The van der Waals surface area contributed by atoms with E-state index in [2.05, 4.69) is 15.4 Å². The lowest BCUT2D eigenvalue weighted by atomic mass is 10.1. The molecule has 170 valence electrons. The number of nitrogens with zero attached hydrogens (tertiary/aromatic N) is 1. The molecule has 0 radical (unpaired) electrons. The van der Waals surface area contributed by atoms with Gasteiger partial charge in [-0.2, -0.15) is 0 Å². The van der Waals surface area contributed by atoms with E-state index in [9.17, 15) is 13.8 Å². The average Bonchev–Trinajstić information content (AvgIpc) is 3.21. The largest absolute Gasteiger partial charge is 0.387 e. The minimum atomic E-state index is -1.72. The maximum Gasteiger partial charge on any atom is 0.331 e. The summed E-state index contributed by atoms with van der Waals surface area (Å²) >= 11 is 13.2. The van der Waals surface area contributed by atoms with Crippen molar-refractivity contribution in [2.24, 2.45) is 0 Å². The fourth-order valence-electron chi connectivity index (χ4n) is 3.34. The first-order chi connectivity index (χ1) is 15.8. The quantitative estimate of drug-likeness (QED) is 0.321. The van der Waals surface area contributed by atoms with Gasteiger partial charge in [0.1, 0.15) is 4.21 Å². The first-order valence-corrected chi connectivity index (χ1v) is 12.4. The number of carbonyl (C=O) groups is 1. The Hall–Kier alpha value is -2.85. The van der Waals surface area contributed by atoms with Gasteiger partial charge in [-0.3, -0.25) is 14.1 Å². The van der Waals surface area contributed by atoms with Crippen molar-refractivity contribution in [2.75, 3.05) is 17.7 Å². The zero-order chi connectivity index (χ0) is 23.7. The van der Waals surface area contributed by atoms with Gasteiger partial charge in [-0.05, 0) is 66.4 Å². The SMILES string of the molecule is CNc1cc2ccn(-c3ccc(NC(=O)NS(=O)c4ccc(Cl)s4)cc3C)c(=O)c2cc1Cl. The summed E-state index contributed by atoms with van der Waals surface area (Å²) in [4.78, 5) is 25.4. The standard InChI is InChI=1S/C22H18Cl2N4O3S2/c1-12-9-14(26-22(30)27-33(31)20-6-5-19(24)32-20)3-4-18(12)28-8-7-13-10-17(25-2)16(23)11-15(13)21(28)29/h3-11,25H,1-2H3,(H2,26,27,30). The average molecular weight is 521 g/mol. The lowest BCUT2D eigenvalue weighted by molar-refractivity contribution is 0.257. The third-order valence-electron chi connectivity index (χ3n) is 4.89. The predicted octanol–water partition coefficient (Wildman–Crippen LogP) is 5.55. The molecule has 0 aliphatic carbocycles. The van der Waals surface area contributed by atoms with Crippen molar-refractivity contribution in [1.82, 2.24) is 9.29 Å². The number of aryl methyl sites for hydroxylation is 1. The van der Waals surface area contributed by atoms with Crippen LogP contribution in [0.5, 0.6) is 0 Å². The van der Waals surface area contributed by atoms with Gasteiger partial charge in [0, 0.05) is 24.3 Å². The molecule has 0 bridgehead atoms. The number of anilines is 2. The number of benzene rings is 2. The van der Waals surface area contributed by atoms with Crippen LogP contribution in [0.25, 0.3) is 16.5 Å². The van der Waals surface area contributed by atoms with Gasteiger partial charge in [0.2, 0.25) is 0 Å². The molecule has 0 saturated heterocycles. The van der Waals surface area contributed by atoms with Crippen LogP contribution in [0.3, 0.4) is 0 Å². The summed E-state index contributed by atoms with van der Waals surface area (Å²) in [7, 11) is 0.0513. The Morgan fingerprint density at radius 2 is 1.88 bits per heavy atom. The Bertz CT molecular complexity index is 1470. The van der Waals surface area contributed by atoms with Crippen LogP contribution in [-0.2, 0) is 11.0 Å². The highest BCUT2D eigenvalue weighted by Crippen LogP contribution is 2.27. The summed E-state index contributed by atoms with van der Waals surface area (Å²) in [5.41, 5.74) is 2.46. The second-order valence-corrected chi connectivity index (χ2v) is 10.6. The number of aromatic nitrogens is 1. The van der Waals surface area contributed by atoms with E-state index >= 15 is 0 Å². The van der Waals surface area contributed by atoms with Gasteiger partial charge in [0.05, 0.1) is 20.7 Å². The van der Waals surface area contributed by atoms with Gasteiger partial charge < -0.3 is 10.6 Å². The van der Waals surface area contributed by atoms with Gasteiger partial charge in [0.15, 0.2) is 11.0 Å². The molecule has 2 aromatic carbocycles. The van der Waals surface area contributed by atoms with Crippen LogP contribution in [0.4, 0.5) is 16.2 Å². The first-order valence-electron chi connectivity index (χ1n) is 9.65. The molecule has 4 aromatic rings. The number of halogens is 2. The molecular formula is C22H18Cl2N4O3S2. The minimum Gasteiger partial charge on any atom is -0.387 e. The molecule has 7 nitrogen and oxygen atoms in total. The third-order valence-corrected chi connectivity index (χ3v) is 7.81. The fraction of sp³-hybridized carbons (Fsp3) is 0.0909. The molecule has 0 aliphatic heterocycles. The molecule has 11 heteroatoms. The Morgan fingerprint density at radius 1 is 1.09 bits per heavy atom. The van der Waals surface area contributed by atoms with E-state index in [1.54, 1.807) is 49.6 Å². The molecule has 0 fully saturated rings. The number of amides is 2. The summed E-state index contributed by atoms with van der Waals surface area (Å²) in [5.74, 6) is 0. The molecule has 0 aliphatic rings. The molecule has 0 saturated carbocycles. The van der Waals surface area contributed by atoms with Crippen LogP contribution in [-0.4, -0.2) is 21.9 Å². The molecule has 2 heterocycles. The van der Waals surface area contributed by atoms with E-state index < -0.39 is 17.0 Å². The van der Waals surface area contributed by atoms with Crippen molar-refractivity contribution in [1.29, 1.82) is 0 Å². The van der Waals surface area contributed by atoms with Crippen LogP contribution >= 0.6 is 34.5 Å². The van der Waals surface area contributed by atoms with Gasteiger partial charge in [-0.1, -0.05) is 23.2 Å². The summed E-state index contributed by atoms with van der Waals surface area (Å²) in [6, 6.07) is 13.0. The summed E-state index contributed by atoms with van der Waals surface area (Å²) in [6.45, 7) is 1.83. The second-order valence-electron chi connectivity index (χ2n) is 7.04. The molecule has 3 N–H and O–H groups in total. The van der Waals surface area contributed by atoms with E-state index in [1.807, 2.05) is 19.1 Å². The second kappa shape index (κ2) is 9.56. The lowest BCUT2D eigenvalue weighted by Crippen LogP contribution is -2.30. The van der Waals surface area contributed by atoms with Gasteiger partial charge >= 0.3 is 6.03 Å². The number of hydrogen-bond acceptors (Lipinski definition) is 5. The van der Waals surface area contributed by atoms with Gasteiger partial charge in [0.25, 0.3) is 5.56 Å². The van der Waals surface area contributed by atoms with Crippen LogP contribution < -0.4 is 20.9 Å². The monoisotopic (exact) mass is 520 g/mol. The molecule has 1 atom stereocenters. The molecule has 1 unspecified atom stereocenters. The molecule has 0 spiro atoms. The van der Waals surface area contributed by atoms with Gasteiger partial charge in [-0.15, -0.1) is 11.3 Å². The number of carbonyl (C=O) groups excluding carboxylic acids is 1. The Morgan fingerprint density at radius 3 is 2.55 bits per heavy atom. The summed E-state index contributed by atoms with van der Waals surface area (Å²) < 4.78 is 17.0. The first kappa shape index (κ1) is 23.3. The van der Waals surface area contributed by atoms with E-state index in [4.69, 9.17) is 23.2 Å². The molecule has 4 rings (SSSR count). The van der Waals surface area contributed by atoms with Gasteiger partial charge in [-0.25, -0.2) is 9.00 Å². The normalized spacial score (nSPS) is 11.9. The van der Waals surface area contributed by atoms with Crippen LogP contribution in [0.2, 0.25) is 9.36 Å². The van der Waals surface area contributed by atoms with Crippen molar-refractivity contribution in [3.05, 3.63) is 80.0 Å². The summed E-state index contributed by atoms with van der Waals surface area (Å²) in [6.07, 6.45) is 1.70. The van der Waals surface area contributed by atoms with Crippen molar-refractivity contribution < 1.29 is 9.00 Å². The van der Waals surface area contributed by atoms with Crippen molar-refractivity contribution in [2.45, 2.75) is 11.1 Å². The Labute approximate surface area is 205 Å². The molecule has 2 aromatic heterocycles. The van der Waals surface area contributed by atoms with Crippen LogP contribution in [0.15, 0.2) is 63.7 Å². The number of rotatable bonds is 5. The van der Waals surface area contributed by atoms with E-state index in [1.165, 1.54) is 4.57 Å². The number of thiophene rings is 1. The number of fused-ring (bicyclic) bond motifs is 1. The highest BCUT2D eigenvalue weighted by atomic mass is 35.5. The number of pyridine rings is 1. The fourth-order valence-corrected chi connectivity index (χ4v) is 5.72. The summed E-state index contributed by atoms with van der Waals surface area (Å²) in [5, 5.41) is 7.39. The lowest BCUT2D eigenvalue weighted by Gasteiger charge is -2.13. The zero-order valence-electron chi connectivity index (χ0n) is 17.4. The molecule has 33 heavy (non-hydrogen) atoms. The van der Waals surface area contributed by atoms with Crippen LogP contribution in [0.1, 0.15) is 5.56 Å². The van der Waals surface area contributed by atoms with E-state index in [0.717, 1.165) is 28.0 Å². The van der Waals surface area contributed by atoms with E-state index in [-0.39, 0.29) is 5.56 Å². The van der Waals surface area contributed by atoms with Crippen LogP contribution in [0, 0.1) is 6.92 Å². The predicted molar refractivity (Wildman–Crippen MR) is 137 cm³/mol. The maximum atomic E-state index is 13.1. The molecule has 2 amide bonds. The maximum absolute atomic E-state index is 13.1. The molecular weight excluding hydrogens is 503 g/mol. The van der Waals surface area contributed by atoms with E-state index in [0.29, 0.717) is 30.3 Å². The topological polar surface area (TPSA) is 92.2 Å². The number of urea groups is 1. The van der Waals surface area contributed by atoms with Crippen molar-refractivity contribution in [3.63, 3.8) is 0 Å². The highest BCUT2D eigenvalue weighted by Gasteiger charge is 2.13. The smallest absolute Gasteiger partial charge is 0.331 e. The number of nitrogens with one attached hydrogen (secondary N) is 3. The van der Waals surface area contributed by atoms with Crippen molar-refractivity contribution >= 4 is 73.7 Å². The third kappa shape index (κ3) is 4.91. The Balaban J connectivity index is 1.57. The zero-order valence-corrected chi connectivity index (χ0v) is 20.6. The highest BCUT2D eigenvalue weighted by molar-refractivity contribution is 7.86. The van der Waals surface area contributed by atoms with Crippen molar-refractivity contribution in [3.8, 4) is 5.69 Å². The number of hydrogen-bond donors (Lipinski definition) is 3. The minimum absolute atomic E-state index is 0.205. The Kier molecular flexibility index (Phi) is 6.76.